The molecule has 0 aromatic heterocycles. The van der Waals surface area contributed by atoms with Gasteiger partial charge in [-0.3, -0.25) is 4.90 Å². The van der Waals surface area contributed by atoms with Gasteiger partial charge in [-0.1, -0.05) is 24.3 Å². The molecular weight excluding hydrogens is 312 g/mol. The highest BCUT2D eigenvalue weighted by molar-refractivity contribution is 7.89. The van der Waals surface area contributed by atoms with E-state index >= 15 is 0 Å². The van der Waals surface area contributed by atoms with Gasteiger partial charge in [0.15, 0.2) is 0 Å². The Balaban J connectivity index is 1.51. The third-order valence-electron chi connectivity index (χ3n) is 4.96. The lowest BCUT2D eigenvalue weighted by Gasteiger charge is -2.27. The van der Waals surface area contributed by atoms with Gasteiger partial charge in [0.2, 0.25) is 10.0 Å². The van der Waals surface area contributed by atoms with Crippen LogP contribution in [0, 0.1) is 0 Å². The second-order valence-electron chi connectivity index (χ2n) is 6.47. The van der Waals surface area contributed by atoms with Gasteiger partial charge in [0.05, 0.1) is 19.0 Å². The Labute approximate surface area is 139 Å². The van der Waals surface area contributed by atoms with Gasteiger partial charge in [-0.15, -0.1) is 0 Å². The highest BCUT2D eigenvalue weighted by Crippen LogP contribution is 2.26. The predicted molar refractivity (Wildman–Crippen MR) is 91.1 cm³/mol. The van der Waals surface area contributed by atoms with Crippen LogP contribution < -0.4 is 0 Å². The lowest BCUT2D eigenvalue weighted by molar-refractivity contribution is 0.0380. The fourth-order valence-electron chi connectivity index (χ4n) is 3.46. The lowest BCUT2D eigenvalue weighted by atomic mass is 10.1. The highest BCUT2D eigenvalue weighted by atomic mass is 32.2. The molecule has 0 radical (unpaired) electrons. The minimum atomic E-state index is -3.19. The molecule has 2 aliphatic rings. The normalized spacial score (nSPS) is 20.1. The van der Waals surface area contributed by atoms with Crippen LogP contribution in [0.15, 0.2) is 24.3 Å². The molecule has 1 saturated heterocycles. The van der Waals surface area contributed by atoms with Gasteiger partial charge in [0, 0.05) is 26.2 Å². The number of likely N-dealkylation sites (N-methyl/N-ethyl adjacent to an activating group) is 1. The molecule has 1 fully saturated rings. The van der Waals surface area contributed by atoms with E-state index in [0.29, 0.717) is 6.42 Å². The molecule has 23 heavy (non-hydrogen) atoms. The van der Waals surface area contributed by atoms with E-state index in [9.17, 15) is 8.42 Å². The van der Waals surface area contributed by atoms with Crippen molar-refractivity contribution >= 4 is 10.0 Å². The third-order valence-corrected chi connectivity index (χ3v) is 6.94. The number of nitrogens with zero attached hydrogens (tertiary/aromatic N) is 2. The molecule has 128 valence electrons. The highest BCUT2D eigenvalue weighted by Gasteiger charge is 2.31. The van der Waals surface area contributed by atoms with Crippen molar-refractivity contribution in [2.45, 2.75) is 25.3 Å². The summed E-state index contributed by atoms with van der Waals surface area (Å²) in [6.07, 6.45) is 2.34. The Morgan fingerprint density at radius 1 is 1.17 bits per heavy atom. The van der Waals surface area contributed by atoms with Crippen molar-refractivity contribution in [3.63, 3.8) is 0 Å². The molecule has 1 heterocycles. The first-order valence-electron chi connectivity index (χ1n) is 8.39. The number of ether oxygens (including phenoxy) is 1. The molecule has 0 unspecified atom stereocenters. The van der Waals surface area contributed by atoms with E-state index in [1.54, 1.807) is 11.4 Å². The van der Waals surface area contributed by atoms with Crippen molar-refractivity contribution in [2.24, 2.45) is 0 Å². The van der Waals surface area contributed by atoms with Gasteiger partial charge >= 0.3 is 0 Å². The van der Waals surface area contributed by atoms with Crippen LogP contribution in [-0.2, 0) is 27.6 Å². The summed E-state index contributed by atoms with van der Waals surface area (Å²) in [7, 11) is -1.45. The molecule has 6 heteroatoms. The van der Waals surface area contributed by atoms with Crippen molar-refractivity contribution in [1.29, 1.82) is 0 Å². The van der Waals surface area contributed by atoms with Crippen molar-refractivity contribution in [1.82, 2.24) is 9.21 Å². The molecule has 0 atom stereocenters. The lowest BCUT2D eigenvalue weighted by Crippen LogP contribution is -2.41. The fraction of sp³-hybridized carbons (Fsp3) is 0.647. The molecule has 0 N–H and O–H groups in total. The van der Waals surface area contributed by atoms with Crippen molar-refractivity contribution < 1.29 is 13.2 Å². The molecule has 0 bridgehead atoms. The van der Waals surface area contributed by atoms with E-state index in [1.165, 1.54) is 11.1 Å². The number of sulfonamides is 1. The van der Waals surface area contributed by atoms with Crippen molar-refractivity contribution in [3.05, 3.63) is 35.4 Å². The predicted octanol–water partition coefficient (Wildman–Crippen LogP) is 1.14. The van der Waals surface area contributed by atoms with E-state index in [-0.39, 0.29) is 11.8 Å². The summed E-state index contributed by atoms with van der Waals surface area (Å²) in [5.74, 6) is 0.230. The van der Waals surface area contributed by atoms with Crippen LogP contribution in [0.1, 0.15) is 17.5 Å². The topological polar surface area (TPSA) is 49.9 Å². The zero-order valence-corrected chi connectivity index (χ0v) is 14.6. The Bertz CT molecular complexity index is 601. The minimum Gasteiger partial charge on any atom is -0.379 e. The largest absolute Gasteiger partial charge is 0.379 e. The van der Waals surface area contributed by atoms with Gasteiger partial charge in [-0.05, 0) is 36.9 Å². The Morgan fingerprint density at radius 3 is 2.39 bits per heavy atom. The van der Waals surface area contributed by atoms with Gasteiger partial charge in [0.25, 0.3) is 0 Å². The summed E-state index contributed by atoms with van der Waals surface area (Å²) in [4.78, 5) is 2.28. The van der Waals surface area contributed by atoms with Crippen LogP contribution in [0.25, 0.3) is 0 Å². The van der Waals surface area contributed by atoms with Gasteiger partial charge in [-0.2, -0.15) is 0 Å². The molecule has 1 aromatic carbocycles. The maximum absolute atomic E-state index is 12.6. The molecule has 1 aliphatic carbocycles. The first-order chi connectivity index (χ1) is 11.1. The van der Waals surface area contributed by atoms with Crippen LogP contribution in [0.2, 0.25) is 0 Å². The monoisotopic (exact) mass is 338 g/mol. The van der Waals surface area contributed by atoms with Gasteiger partial charge in [0.1, 0.15) is 0 Å². The summed E-state index contributed by atoms with van der Waals surface area (Å²) in [6, 6.07) is 8.33. The standard InChI is InChI=1S/C17H26N2O3S/c1-18(17-13-15-5-2-3-6-16(15)14-17)23(20,21)12-4-7-19-8-10-22-11-9-19/h2-3,5-6,17H,4,7-14H2,1H3. The molecular formula is C17H26N2O3S. The van der Waals surface area contributed by atoms with Crippen LogP contribution >= 0.6 is 0 Å². The van der Waals surface area contributed by atoms with Crippen LogP contribution in [0.3, 0.4) is 0 Å². The second kappa shape index (κ2) is 7.30. The maximum atomic E-state index is 12.6. The molecule has 0 amide bonds. The van der Waals surface area contributed by atoms with E-state index in [4.69, 9.17) is 4.74 Å². The number of hydrogen-bond donors (Lipinski definition) is 0. The van der Waals surface area contributed by atoms with Gasteiger partial charge < -0.3 is 4.74 Å². The zero-order valence-electron chi connectivity index (χ0n) is 13.8. The Kier molecular flexibility index (Phi) is 5.36. The Hall–Kier alpha value is -0.950. The SMILES string of the molecule is CN(C1Cc2ccccc2C1)S(=O)(=O)CCCN1CCOCC1. The quantitative estimate of drug-likeness (QED) is 0.780. The van der Waals surface area contributed by atoms with Crippen molar-refractivity contribution in [3.8, 4) is 0 Å². The summed E-state index contributed by atoms with van der Waals surface area (Å²) in [6.45, 7) is 4.17. The molecule has 1 aliphatic heterocycles. The van der Waals surface area contributed by atoms with Crippen LogP contribution in [0.5, 0.6) is 0 Å². The molecule has 3 rings (SSSR count). The summed E-state index contributed by atoms with van der Waals surface area (Å²) >= 11 is 0. The number of morpholine rings is 1. The average molecular weight is 338 g/mol. The van der Waals surface area contributed by atoms with E-state index in [0.717, 1.165) is 45.7 Å². The number of hydrogen-bond acceptors (Lipinski definition) is 4. The number of benzene rings is 1. The van der Waals surface area contributed by atoms with Crippen LogP contribution in [0.4, 0.5) is 0 Å². The minimum absolute atomic E-state index is 0.0702. The first-order valence-corrected chi connectivity index (χ1v) is 10.00. The Morgan fingerprint density at radius 2 is 1.78 bits per heavy atom. The number of fused-ring (bicyclic) bond motifs is 1. The van der Waals surface area contributed by atoms with Crippen molar-refractivity contribution in [2.75, 3.05) is 45.6 Å². The molecule has 1 aromatic rings. The summed E-state index contributed by atoms with van der Waals surface area (Å²) in [5.41, 5.74) is 2.57. The maximum Gasteiger partial charge on any atom is 0.214 e. The fourth-order valence-corrected chi connectivity index (χ4v) is 4.84. The smallest absolute Gasteiger partial charge is 0.214 e. The zero-order chi connectivity index (χ0) is 16.3. The molecule has 5 nitrogen and oxygen atoms in total. The summed E-state index contributed by atoms with van der Waals surface area (Å²) < 4.78 is 32.1. The average Bonchev–Trinajstić information content (AvgIpc) is 2.99. The second-order valence-corrected chi connectivity index (χ2v) is 8.62. The number of rotatable bonds is 6. The van der Waals surface area contributed by atoms with Crippen LogP contribution in [-0.4, -0.2) is 69.3 Å². The van der Waals surface area contributed by atoms with E-state index < -0.39 is 10.0 Å². The van der Waals surface area contributed by atoms with Gasteiger partial charge in [-0.25, -0.2) is 12.7 Å². The summed E-state index contributed by atoms with van der Waals surface area (Å²) in [5, 5.41) is 0. The third kappa shape index (κ3) is 4.12. The molecule has 0 saturated carbocycles. The molecule has 0 spiro atoms. The van der Waals surface area contributed by atoms with E-state index in [1.807, 2.05) is 12.1 Å². The van der Waals surface area contributed by atoms with E-state index in [2.05, 4.69) is 17.0 Å². The first kappa shape index (κ1) is 16.9.